The van der Waals surface area contributed by atoms with Crippen molar-refractivity contribution < 1.29 is 4.74 Å². The van der Waals surface area contributed by atoms with Crippen molar-refractivity contribution in [3.8, 4) is 0 Å². The number of aryl methyl sites for hydroxylation is 1. The van der Waals surface area contributed by atoms with Gasteiger partial charge in [0.15, 0.2) is 0 Å². The quantitative estimate of drug-likeness (QED) is 0.760. The molecule has 0 amide bonds. The minimum Gasteiger partial charge on any atom is -0.371 e. The largest absolute Gasteiger partial charge is 0.371 e. The first-order valence-electron chi connectivity index (χ1n) is 4.31. The lowest BCUT2D eigenvalue weighted by Crippen LogP contribution is -2.34. The van der Waals surface area contributed by atoms with Crippen molar-refractivity contribution in [3.63, 3.8) is 0 Å². The summed E-state index contributed by atoms with van der Waals surface area (Å²) in [4.78, 5) is 4.25. The minimum absolute atomic E-state index is 0.431. The maximum Gasteiger partial charge on any atom is 0.119 e. The van der Waals surface area contributed by atoms with E-state index >= 15 is 0 Å². The summed E-state index contributed by atoms with van der Waals surface area (Å²) in [7, 11) is 1.65. The van der Waals surface area contributed by atoms with Gasteiger partial charge >= 0.3 is 0 Å². The van der Waals surface area contributed by atoms with Gasteiger partial charge in [0.2, 0.25) is 0 Å². The molecule has 1 aromatic heterocycles. The molecule has 1 atom stereocenters. The fourth-order valence-corrected chi connectivity index (χ4v) is 1.12. The van der Waals surface area contributed by atoms with Crippen LogP contribution in [0.3, 0.4) is 0 Å². The van der Waals surface area contributed by atoms with Gasteiger partial charge in [0.25, 0.3) is 0 Å². The second-order valence-corrected chi connectivity index (χ2v) is 3.36. The number of aromatic nitrogens is 1. The number of pyridine rings is 1. The molecule has 0 aliphatic heterocycles. The molecule has 0 aliphatic carbocycles. The Morgan fingerprint density at radius 1 is 1.62 bits per heavy atom. The highest BCUT2D eigenvalue weighted by atomic mass is 16.5. The van der Waals surface area contributed by atoms with Gasteiger partial charge in [-0.25, -0.2) is 0 Å². The first-order chi connectivity index (χ1) is 6.12. The van der Waals surface area contributed by atoms with Crippen molar-refractivity contribution in [2.45, 2.75) is 19.4 Å². The van der Waals surface area contributed by atoms with Crippen LogP contribution < -0.4 is 5.73 Å². The highest BCUT2D eigenvalue weighted by Crippen LogP contribution is 2.21. The van der Waals surface area contributed by atoms with E-state index in [9.17, 15) is 0 Å². The van der Waals surface area contributed by atoms with Gasteiger partial charge in [0, 0.05) is 19.9 Å². The van der Waals surface area contributed by atoms with Crippen LogP contribution in [-0.2, 0) is 10.3 Å². The van der Waals surface area contributed by atoms with Crippen LogP contribution in [0.5, 0.6) is 0 Å². The van der Waals surface area contributed by atoms with Crippen molar-refractivity contribution in [3.05, 3.63) is 29.6 Å². The third-order valence-corrected chi connectivity index (χ3v) is 2.30. The van der Waals surface area contributed by atoms with E-state index < -0.39 is 5.60 Å². The lowest BCUT2D eigenvalue weighted by Gasteiger charge is -2.25. The van der Waals surface area contributed by atoms with Gasteiger partial charge in [-0.05, 0) is 31.5 Å². The molecule has 1 unspecified atom stereocenters. The second kappa shape index (κ2) is 3.85. The topological polar surface area (TPSA) is 48.1 Å². The Morgan fingerprint density at radius 3 is 2.77 bits per heavy atom. The number of hydrogen-bond acceptors (Lipinski definition) is 3. The predicted molar refractivity (Wildman–Crippen MR) is 52.4 cm³/mol. The standard InChI is InChI=1S/C10H16N2O/c1-8-4-5-12-9(6-8)10(2,7-11)13-3/h4-6H,7,11H2,1-3H3. The van der Waals surface area contributed by atoms with E-state index in [-0.39, 0.29) is 0 Å². The van der Waals surface area contributed by atoms with Crippen LogP contribution in [0, 0.1) is 6.92 Å². The Hall–Kier alpha value is -0.930. The van der Waals surface area contributed by atoms with Gasteiger partial charge in [-0.15, -0.1) is 0 Å². The Kier molecular flexibility index (Phi) is 3.01. The number of methoxy groups -OCH3 is 1. The van der Waals surface area contributed by atoms with Crippen molar-refractivity contribution in [2.24, 2.45) is 5.73 Å². The molecule has 0 radical (unpaired) electrons. The fourth-order valence-electron chi connectivity index (χ4n) is 1.12. The highest BCUT2D eigenvalue weighted by Gasteiger charge is 2.25. The lowest BCUT2D eigenvalue weighted by atomic mass is 10.0. The zero-order chi connectivity index (χ0) is 9.90. The second-order valence-electron chi connectivity index (χ2n) is 3.36. The third kappa shape index (κ3) is 2.05. The van der Waals surface area contributed by atoms with Gasteiger partial charge in [0.1, 0.15) is 5.60 Å². The van der Waals surface area contributed by atoms with Crippen molar-refractivity contribution in [1.82, 2.24) is 4.98 Å². The molecule has 3 nitrogen and oxygen atoms in total. The number of nitrogens with two attached hydrogens (primary N) is 1. The van der Waals surface area contributed by atoms with Crippen LogP contribution in [0.25, 0.3) is 0 Å². The maximum atomic E-state index is 5.63. The molecule has 1 aromatic rings. The predicted octanol–water partition coefficient (Wildman–Crippen LogP) is 1.21. The summed E-state index contributed by atoms with van der Waals surface area (Å²) in [5.74, 6) is 0. The smallest absolute Gasteiger partial charge is 0.119 e. The van der Waals surface area contributed by atoms with Gasteiger partial charge < -0.3 is 10.5 Å². The normalized spacial score (nSPS) is 15.4. The summed E-state index contributed by atoms with van der Waals surface area (Å²) >= 11 is 0. The van der Waals surface area contributed by atoms with Crippen LogP contribution in [-0.4, -0.2) is 18.6 Å². The molecule has 2 N–H and O–H groups in total. The van der Waals surface area contributed by atoms with Gasteiger partial charge in [-0.3, -0.25) is 4.98 Å². The minimum atomic E-state index is -0.466. The molecule has 72 valence electrons. The first-order valence-corrected chi connectivity index (χ1v) is 4.31. The average Bonchev–Trinajstić information content (AvgIpc) is 2.17. The molecule has 0 spiro atoms. The van der Waals surface area contributed by atoms with E-state index in [1.807, 2.05) is 26.0 Å². The van der Waals surface area contributed by atoms with Crippen LogP contribution in [0.4, 0.5) is 0 Å². The summed E-state index contributed by atoms with van der Waals surface area (Å²) in [5, 5.41) is 0. The summed E-state index contributed by atoms with van der Waals surface area (Å²) in [6.45, 7) is 4.40. The number of ether oxygens (including phenoxy) is 1. The Labute approximate surface area is 78.9 Å². The van der Waals surface area contributed by atoms with E-state index in [2.05, 4.69) is 4.98 Å². The van der Waals surface area contributed by atoms with Gasteiger partial charge in [-0.1, -0.05) is 0 Å². The van der Waals surface area contributed by atoms with E-state index in [0.29, 0.717) is 6.54 Å². The van der Waals surface area contributed by atoms with E-state index in [0.717, 1.165) is 5.69 Å². The molecule has 0 aromatic carbocycles. The van der Waals surface area contributed by atoms with Gasteiger partial charge in [-0.2, -0.15) is 0 Å². The highest BCUT2D eigenvalue weighted by molar-refractivity contribution is 5.19. The first kappa shape index (κ1) is 10.2. The molecule has 0 fully saturated rings. The van der Waals surface area contributed by atoms with E-state index in [1.54, 1.807) is 13.3 Å². The number of nitrogens with zero attached hydrogens (tertiary/aromatic N) is 1. The summed E-state index contributed by atoms with van der Waals surface area (Å²) in [6, 6.07) is 3.95. The van der Waals surface area contributed by atoms with Crippen molar-refractivity contribution in [2.75, 3.05) is 13.7 Å². The molecule has 0 aliphatic rings. The number of rotatable bonds is 3. The third-order valence-electron chi connectivity index (χ3n) is 2.30. The van der Waals surface area contributed by atoms with Crippen LogP contribution in [0.15, 0.2) is 18.3 Å². The van der Waals surface area contributed by atoms with Crippen LogP contribution in [0.1, 0.15) is 18.2 Å². The molecule has 13 heavy (non-hydrogen) atoms. The molecule has 0 saturated carbocycles. The SMILES string of the molecule is COC(C)(CN)c1cc(C)ccn1. The lowest BCUT2D eigenvalue weighted by molar-refractivity contribution is 0.00636. The number of hydrogen-bond donors (Lipinski definition) is 1. The Morgan fingerprint density at radius 2 is 2.31 bits per heavy atom. The fraction of sp³-hybridized carbons (Fsp3) is 0.500. The molecule has 1 rings (SSSR count). The molecular formula is C10H16N2O. The Balaban J connectivity index is 3.05. The molecular weight excluding hydrogens is 164 g/mol. The van der Waals surface area contributed by atoms with E-state index in [4.69, 9.17) is 10.5 Å². The summed E-state index contributed by atoms with van der Waals surface area (Å²) in [5.41, 5.74) is 7.22. The van der Waals surface area contributed by atoms with Crippen LogP contribution in [0.2, 0.25) is 0 Å². The van der Waals surface area contributed by atoms with Crippen LogP contribution >= 0.6 is 0 Å². The zero-order valence-electron chi connectivity index (χ0n) is 8.37. The van der Waals surface area contributed by atoms with Crippen molar-refractivity contribution >= 4 is 0 Å². The van der Waals surface area contributed by atoms with Gasteiger partial charge in [0.05, 0.1) is 5.69 Å². The van der Waals surface area contributed by atoms with E-state index in [1.165, 1.54) is 5.56 Å². The molecule has 1 heterocycles. The Bertz CT molecular complexity index is 282. The monoisotopic (exact) mass is 180 g/mol. The molecule has 0 bridgehead atoms. The summed E-state index contributed by atoms with van der Waals surface area (Å²) < 4.78 is 5.34. The van der Waals surface area contributed by atoms with Crippen molar-refractivity contribution in [1.29, 1.82) is 0 Å². The summed E-state index contributed by atoms with van der Waals surface area (Å²) in [6.07, 6.45) is 1.78. The zero-order valence-corrected chi connectivity index (χ0v) is 8.37. The molecule has 0 saturated heterocycles. The maximum absolute atomic E-state index is 5.63. The molecule has 3 heteroatoms. The average molecular weight is 180 g/mol.